The molecule has 0 saturated heterocycles. The van der Waals surface area contributed by atoms with Gasteiger partial charge >= 0.3 is 0 Å². The first-order chi connectivity index (χ1) is 17.2. The molecular weight excluding hydrogens is 450 g/mol. The van der Waals surface area contributed by atoms with E-state index in [1.807, 2.05) is 59.2 Å². The van der Waals surface area contributed by atoms with Crippen LogP contribution < -0.4 is 9.64 Å². The summed E-state index contributed by atoms with van der Waals surface area (Å²) in [6, 6.07) is 13.7. The van der Waals surface area contributed by atoms with Crippen LogP contribution in [0.25, 0.3) is 0 Å². The summed E-state index contributed by atoms with van der Waals surface area (Å²) in [5, 5.41) is 0. The second-order valence-corrected chi connectivity index (χ2v) is 10.7. The van der Waals surface area contributed by atoms with Crippen molar-refractivity contribution in [2.24, 2.45) is 11.8 Å². The Balaban J connectivity index is 2.03. The first-order valence-electron chi connectivity index (χ1n) is 13.2. The smallest absolute Gasteiger partial charge is 0.257 e. The van der Waals surface area contributed by atoms with Gasteiger partial charge in [-0.05, 0) is 55.0 Å². The molecule has 0 atom stereocenters. The number of ether oxygens (including phenoxy) is 1. The number of rotatable bonds is 6. The quantitative estimate of drug-likeness (QED) is 0.542. The molecule has 0 aromatic heterocycles. The van der Waals surface area contributed by atoms with Crippen molar-refractivity contribution in [3.05, 3.63) is 59.2 Å². The van der Waals surface area contributed by atoms with Crippen molar-refractivity contribution >= 4 is 17.5 Å². The average Bonchev–Trinajstić information content (AvgIpc) is 2.86. The number of anilines is 1. The molecule has 2 amide bonds. The lowest BCUT2D eigenvalue weighted by Gasteiger charge is -2.29. The molecule has 196 valence electrons. The van der Waals surface area contributed by atoms with Crippen molar-refractivity contribution in [3.63, 3.8) is 0 Å². The van der Waals surface area contributed by atoms with Crippen molar-refractivity contribution in [1.29, 1.82) is 0 Å². The van der Waals surface area contributed by atoms with Crippen molar-refractivity contribution in [2.75, 3.05) is 44.7 Å². The molecule has 1 aliphatic rings. The van der Waals surface area contributed by atoms with Crippen LogP contribution in [0.3, 0.4) is 0 Å². The third-order valence-corrected chi connectivity index (χ3v) is 6.63. The number of carbonyl (C=O) groups excluding carboxylic acids is 2. The molecule has 0 spiro atoms. The largest absolute Gasteiger partial charge is 0.496 e. The second-order valence-electron chi connectivity index (χ2n) is 10.7. The number of carbonyl (C=O) groups is 2. The second kappa shape index (κ2) is 12.9. The number of nitrogens with zero attached hydrogens (tertiary/aromatic N) is 3. The molecule has 0 aliphatic carbocycles. The monoisotopic (exact) mass is 493 g/mol. The van der Waals surface area contributed by atoms with Crippen LogP contribution in [-0.2, 0) is 11.3 Å². The molecule has 3 rings (SSSR count). The molecule has 6 nitrogen and oxygen atoms in total. The number of methoxy groups -OCH3 is 1. The van der Waals surface area contributed by atoms with Crippen LogP contribution in [0.15, 0.2) is 42.5 Å². The van der Waals surface area contributed by atoms with Gasteiger partial charge in [-0.3, -0.25) is 9.59 Å². The fraction of sp³-hybridized carbons (Fsp3) is 0.533. The zero-order valence-electron chi connectivity index (χ0n) is 22.9. The summed E-state index contributed by atoms with van der Waals surface area (Å²) in [6.07, 6.45) is 1.40. The van der Waals surface area contributed by atoms with Gasteiger partial charge in [-0.1, -0.05) is 58.0 Å². The van der Waals surface area contributed by atoms with E-state index in [1.54, 1.807) is 7.11 Å². The minimum absolute atomic E-state index is 0.0471. The van der Waals surface area contributed by atoms with E-state index in [1.165, 1.54) is 0 Å². The number of para-hydroxylation sites is 2. The maximum atomic E-state index is 13.9. The number of amides is 2. The van der Waals surface area contributed by atoms with Gasteiger partial charge in [0.2, 0.25) is 5.91 Å². The lowest BCUT2D eigenvalue weighted by Crippen LogP contribution is -2.40. The summed E-state index contributed by atoms with van der Waals surface area (Å²) in [5.41, 5.74) is 3.42. The Morgan fingerprint density at radius 3 is 2.36 bits per heavy atom. The highest BCUT2D eigenvalue weighted by Crippen LogP contribution is 2.28. The Morgan fingerprint density at radius 2 is 1.67 bits per heavy atom. The van der Waals surface area contributed by atoms with Crippen LogP contribution in [0.5, 0.6) is 5.75 Å². The highest BCUT2D eigenvalue weighted by molar-refractivity contribution is 5.98. The summed E-state index contributed by atoms with van der Waals surface area (Å²) in [7, 11) is 1.61. The van der Waals surface area contributed by atoms with Crippen molar-refractivity contribution in [3.8, 4) is 5.75 Å². The highest BCUT2D eigenvalue weighted by Gasteiger charge is 2.26. The van der Waals surface area contributed by atoms with Gasteiger partial charge in [0.05, 0.1) is 12.7 Å². The molecule has 2 aromatic carbocycles. The average molecular weight is 494 g/mol. The van der Waals surface area contributed by atoms with E-state index >= 15 is 0 Å². The van der Waals surface area contributed by atoms with E-state index in [2.05, 4.69) is 32.6 Å². The van der Waals surface area contributed by atoms with Gasteiger partial charge in [0.1, 0.15) is 5.75 Å². The lowest BCUT2D eigenvalue weighted by molar-refractivity contribution is -0.119. The Labute approximate surface area is 217 Å². The third-order valence-electron chi connectivity index (χ3n) is 6.63. The minimum Gasteiger partial charge on any atom is -0.496 e. The number of fused-ring (bicyclic) bond motifs is 1. The molecule has 0 radical (unpaired) electrons. The van der Waals surface area contributed by atoms with E-state index in [0.717, 1.165) is 42.9 Å². The third kappa shape index (κ3) is 7.10. The molecular formula is C30H43N3O3. The van der Waals surface area contributed by atoms with Gasteiger partial charge in [-0.25, -0.2) is 0 Å². The molecule has 2 aromatic rings. The van der Waals surface area contributed by atoms with Gasteiger partial charge in [0.15, 0.2) is 0 Å². The standard InChI is InChI=1S/C30H43N3O3/c1-22(2)19-28(34)33-16-10-15-31(20-23(3)4)17-18-32(21-25-12-7-8-14-27(25)33)30(35)26-13-9-11-24(5)29(26)36-6/h7-9,11-14,22-23H,10,15-21H2,1-6H3. The molecule has 6 heteroatoms. The van der Waals surface area contributed by atoms with E-state index in [-0.39, 0.29) is 17.7 Å². The van der Waals surface area contributed by atoms with Crippen LogP contribution in [0.2, 0.25) is 0 Å². The van der Waals surface area contributed by atoms with Gasteiger partial charge in [-0.15, -0.1) is 0 Å². The van der Waals surface area contributed by atoms with Gasteiger partial charge in [0.25, 0.3) is 5.91 Å². The number of hydrogen-bond acceptors (Lipinski definition) is 4. The molecule has 36 heavy (non-hydrogen) atoms. The fourth-order valence-electron chi connectivity index (χ4n) is 4.99. The molecule has 0 saturated carbocycles. The molecule has 1 aliphatic heterocycles. The Hall–Kier alpha value is -2.86. The topological polar surface area (TPSA) is 53.1 Å². The number of aryl methyl sites for hydroxylation is 1. The van der Waals surface area contributed by atoms with Crippen LogP contribution >= 0.6 is 0 Å². The maximum absolute atomic E-state index is 13.9. The first-order valence-corrected chi connectivity index (χ1v) is 13.2. The van der Waals surface area contributed by atoms with E-state index in [0.29, 0.717) is 43.3 Å². The van der Waals surface area contributed by atoms with E-state index in [9.17, 15) is 9.59 Å². The maximum Gasteiger partial charge on any atom is 0.257 e. The predicted octanol–water partition coefficient (Wildman–Crippen LogP) is 5.39. The van der Waals surface area contributed by atoms with Crippen molar-refractivity contribution in [1.82, 2.24) is 9.80 Å². The number of hydrogen-bond donors (Lipinski definition) is 0. The zero-order chi connectivity index (χ0) is 26.2. The minimum atomic E-state index is -0.0471. The van der Waals surface area contributed by atoms with Crippen LogP contribution in [-0.4, -0.2) is 61.4 Å². The molecule has 0 unspecified atom stereocenters. The zero-order valence-corrected chi connectivity index (χ0v) is 22.9. The van der Waals surface area contributed by atoms with Gasteiger partial charge in [-0.2, -0.15) is 0 Å². The summed E-state index contributed by atoms with van der Waals surface area (Å²) < 4.78 is 5.63. The van der Waals surface area contributed by atoms with Gasteiger partial charge < -0.3 is 19.4 Å². The highest BCUT2D eigenvalue weighted by atomic mass is 16.5. The molecule has 1 heterocycles. The van der Waals surface area contributed by atoms with Crippen LogP contribution in [0.1, 0.15) is 62.0 Å². The lowest BCUT2D eigenvalue weighted by atomic mass is 10.1. The van der Waals surface area contributed by atoms with Crippen LogP contribution in [0, 0.1) is 18.8 Å². The Morgan fingerprint density at radius 1 is 0.917 bits per heavy atom. The van der Waals surface area contributed by atoms with E-state index < -0.39 is 0 Å². The summed E-state index contributed by atoms with van der Waals surface area (Å²) >= 11 is 0. The van der Waals surface area contributed by atoms with E-state index in [4.69, 9.17) is 4.74 Å². The predicted molar refractivity (Wildman–Crippen MR) is 147 cm³/mol. The SMILES string of the molecule is COc1c(C)cccc1C(=O)N1CCN(CC(C)C)CCCN(C(=O)CC(C)C)c2ccccc2C1. The first kappa shape index (κ1) is 27.7. The summed E-state index contributed by atoms with van der Waals surface area (Å²) in [4.78, 5) is 33.6. The molecule has 0 N–H and O–H groups in total. The van der Waals surface area contributed by atoms with Crippen molar-refractivity contribution in [2.45, 2.75) is 54.0 Å². The van der Waals surface area contributed by atoms with Gasteiger partial charge in [0, 0.05) is 44.8 Å². The number of benzene rings is 2. The Kier molecular flexibility index (Phi) is 9.94. The Bertz CT molecular complexity index is 1030. The van der Waals surface area contributed by atoms with Crippen molar-refractivity contribution < 1.29 is 14.3 Å². The molecule has 0 bridgehead atoms. The van der Waals surface area contributed by atoms with Crippen LogP contribution in [0.4, 0.5) is 5.69 Å². The fourth-order valence-corrected chi connectivity index (χ4v) is 4.99. The summed E-state index contributed by atoms with van der Waals surface area (Å²) in [5.74, 6) is 1.52. The normalized spacial score (nSPS) is 15.6. The summed E-state index contributed by atoms with van der Waals surface area (Å²) in [6.45, 7) is 14.9. The molecule has 0 fully saturated rings.